The summed E-state index contributed by atoms with van der Waals surface area (Å²) in [6.45, 7) is 1.86. The van der Waals surface area contributed by atoms with Crippen LogP contribution in [0.1, 0.15) is 41.6 Å². The number of esters is 1. The summed E-state index contributed by atoms with van der Waals surface area (Å²) in [4.78, 5) is 23.6. The van der Waals surface area contributed by atoms with Gasteiger partial charge in [-0.05, 0) is 50.3 Å². The average molecular weight is 291 g/mol. The number of phenols is 1. The van der Waals surface area contributed by atoms with Crippen LogP contribution in [0, 0.1) is 12.8 Å². The molecule has 0 spiro atoms. The van der Waals surface area contributed by atoms with E-state index >= 15 is 0 Å². The van der Waals surface area contributed by atoms with Gasteiger partial charge in [0.05, 0.1) is 18.6 Å². The lowest BCUT2D eigenvalue weighted by atomic mass is 9.86. The van der Waals surface area contributed by atoms with Gasteiger partial charge in [0.15, 0.2) is 0 Å². The van der Waals surface area contributed by atoms with Gasteiger partial charge in [-0.15, -0.1) is 0 Å². The van der Waals surface area contributed by atoms with E-state index in [-0.39, 0.29) is 35.1 Å². The van der Waals surface area contributed by atoms with Gasteiger partial charge < -0.3 is 15.2 Å². The van der Waals surface area contributed by atoms with Crippen LogP contribution in [-0.2, 0) is 9.53 Å². The van der Waals surface area contributed by atoms with Gasteiger partial charge in [-0.25, -0.2) is 0 Å². The Kier molecular flexibility index (Phi) is 4.83. The van der Waals surface area contributed by atoms with E-state index in [4.69, 9.17) is 4.74 Å². The van der Waals surface area contributed by atoms with Gasteiger partial charge in [0.25, 0.3) is 5.91 Å². The highest BCUT2D eigenvalue weighted by atomic mass is 16.5. The Morgan fingerprint density at radius 3 is 2.48 bits per heavy atom. The molecule has 1 amide bonds. The van der Waals surface area contributed by atoms with E-state index in [0.717, 1.165) is 31.2 Å². The summed E-state index contributed by atoms with van der Waals surface area (Å²) in [6, 6.07) is 5.03. The van der Waals surface area contributed by atoms with Gasteiger partial charge >= 0.3 is 5.97 Å². The number of methoxy groups -OCH3 is 1. The van der Waals surface area contributed by atoms with Crippen molar-refractivity contribution in [3.8, 4) is 5.75 Å². The molecule has 5 heteroatoms. The van der Waals surface area contributed by atoms with Crippen molar-refractivity contribution in [2.24, 2.45) is 5.92 Å². The molecule has 0 bridgehead atoms. The fourth-order valence-electron chi connectivity index (χ4n) is 2.74. The number of aromatic hydroxyl groups is 1. The second kappa shape index (κ2) is 6.61. The second-order valence-corrected chi connectivity index (χ2v) is 5.57. The van der Waals surface area contributed by atoms with E-state index in [9.17, 15) is 14.7 Å². The van der Waals surface area contributed by atoms with Gasteiger partial charge in [0, 0.05) is 6.04 Å². The molecule has 0 heterocycles. The lowest BCUT2D eigenvalue weighted by molar-refractivity contribution is -0.146. The summed E-state index contributed by atoms with van der Waals surface area (Å²) in [7, 11) is 1.40. The van der Waals surface area contributed by atoms with Gasteiger partial charge in [-0.3, -0.25) is 9.59 Å². The molecule has 1 aromatic rings. The molecule has 2 N–H and O–H groups in total. The third-order valence-corrected chi connectivity index (χ3v) is 3.99. The summed E-state index contributed by atoms with van der Waals surface area (Å²) in [5, 5.41) is 12.7. The summed E-state index contributed by atoms with van der Waals surface area (Å²) < 4.78 is 4.74. The smallest absolute Gasteiger partial charge is 0.308 e. The van der Waals surface area contributed by atoms with Crippen LogP contribution in [0.15, 0.2) is 18.2 Å². The largest absolute Gasteiger partial charge is 0.507 e. The van der Waals surface area contributed by atoms with Gasteiger partial charge in [-0.1, -0.05) is 6.07 Å². The monoisotopic (exact) mass is 291 g/mol. The van der Waals surface area contributed by atoms with Crippen molar-refractivity contribution in [1.82, 2.24) is 5.32 Å². The summed E-state index contributed by atoms with van der Waals surface area (Å²) >= 11 is 0. The third kappa shape index (κ3) is 3.74. The van der Waals surface area contributed by atoms with E-state index in [1.165, 1.54) is 7.11 Å². The minimum atomic E-state index is -0.269. The molecular formula is C16H21NO4. The highest BCUT2D eigenvalue weighted by Gasteiger charge is 2.28. The first kappa shape index (κ1) is 15.4. The number of hydrogen-bond donors (Lipinski definition) is 2. The van der Waals surface area contributed by atoms with E-state index in [1.54, 1.807) is 18.2 Å². The predicted octanol–water partition coefficient (Wildman–Crippen LogP) is 2.16. The van der Waals surface area contributed by atoms with Crippen LogP contribution in [0.25, 0.3) is 0 Å². The van der Waals surface area contributed by atoms with Crippen molar-refractivity contribution in [1.29, 1.82) is 0 Å². The Labute approximate surface area is 124 Å². The van der Waals surface area contributed by atoms with E-state index < -0.39 is 0 Å². The Bertz CT molecular complexity index is 533. The van der Waals surface area contributed by atoms with Crippen molar-refractivity contribution in [3.63, 3.8) is 0 Å². The van der Waals surface area contributed by atoms with Crippen molar-refractivity contribution in [2.75, 3.05) is 7.11 Å². The molecule has 114 valence electrons. The van der Waals surface area contributed by atoms with E-state index in [2.05, 4.69) is 5.32 Å². The van der Waals surface area contributed by atoms with Gasteiger partial charge in [-0.2, -0.15) is 0 Å². The summed E-state index contributed by atoms with van der Waals surface area (Å²) in [6.07, 6.45) is 2.94. The number of amides is 1. The average Bonchev–Trinajstić information content (AvgIpc) is 2.47. The molecule has 0 aliphatic heterocycles. The standard InChI is InChI=1S/C16H21NO4/c1-10-3-8-13(14(18)9-10)15(19)17-12-6-4-11(5-7-12)16(20)21-2/h3,8-9,11-12,18H,4-7H2,1-2H3,(H,17,19). The molecule has 21 heavy (non-hydrogen) atoms. The Morgan fingerprint density at radius 1 is 1.24 bits per heavy atom. The molecular weight excluding hydrogens is 270 g/mol. The van der Waals surface area contributed by atoms with Crippen LogP contribution in [0.4, 0.5) is 0 Å². The zero-order chi connectivity index (χ0) is 15.4. The molecule has 2 rings (SSSR count). The number of carbonyl (C=O) groups excluding carboxylic acids is 2. The predicted molar refractivity (Wildman–Crippen MR) is 78.1 cm³/mol. The highest BCUT2D eigenvalue weighted by Crippen LogP contribution is 2.26. The molecule has 0 atom stereocenters. The van der Waals surface area contributed by atoms with E-state index in [0.29, 0.717) is 0 Å². The zero-order valence-electron chi connectivity index (χ0n) is 12.4. The molecule has 5 nitrogen and oxygen atoms in total. The quantitative estimate of drug-likeness (QED) is 0.837. The van der Waals surface area contributed by atoms with Crippen molar-refractivity contribution in [2.45, 2.75) is 38.6 Å². The normalized spacial score (nSPS) is 21.6. The zero-order valence-corrected chi connectivity index (χ0v) is 12.4. The molecule has 1 aromatic carbocycles. The van der Waals surface area contributed by atoms with Crippen LogP contribution >= 0.6 is 0 Å². The Balaban J connectivity index is 1.91. The number of benzene rings is 1. The topological polar surface area (TPSA) is 75.6 Å². The Hall–Kier alpha value is -2.04. The first-order chi connectivity index (χ1) is 10.0. The van der Waals surface area contributed by atoms with Crippen LogP contribution < -0.4 is 5.32 Å². The molecule has 1 fully saturated rings. The van der Waals surface area contributed by atoms with Crippen LogP contribution in [-0.4, -0.2) is 30.1 Å². The SMILES string of the molecule is COC(=O)C1CCC(NC(=O)c2ccc(C)cc2O)CC1. The van der Waals surface area contributed by atoms with E-state index in [1.807, 2.05) is 6.92 Å². The number of nitrogens with one attached hydrogen (secondary N) is 1. The summed E-state index contributed by atoms with van der Waals surface area (Å²) in [5.41, 5.74) is 1.19. The summed E-state index contributed by atoms with van der Waals surface area (Å²) in [5.74, 6) is -0.503. The molecule has 1 aliphatic carbocycles. The number of hydrogen-bond acceptors (Lipinski definition) is 4. The minimum Gasteiger partial charge on any atom is -0.507 e. The molecule has 0 unspecified atom stereocenters. The maximum Gasteiger partial charge on any atom is 0.308 e. The fourth-order valence-corrected chi connectivity index (χ4v) is 2.74. The lowest BCUT2D eigenvalue weighted by Gasteiger charge is -2.27. The van der Waals surface area contributed by atoms with Crippen LogP contribution in [0.2, 0.25) is 0 Å². The molecule has 1 aliphatic rings. The number of aryl methyl sites for hydroxylation is 1. The van der Waals surface area contributed by atoms with Crippen LogP contribution in [0.5, 0.6) is 5.75 Å². The minimum absolute atomic E-state index is 0.00394. The van der Waals surface area contributed by atoms with Crippen LogP contribution in [0.3, 0.4) is 0 Å². The first-order valence-electron chi connectivity index (χ1n) is 7.19. The number of ether oxygens (including phenoxy) is 1. The maximum absolute atomic E-state index is 12.2. The number of rotatable bonds is 3. The second-order valence-electron chi connectivity index (χ2n) is 5.57. The van der Waals surface area contributed by atoms with Crippen molar-refractivity contribution < 1.29 is 19.4 Å². The Morgan fingerprint density at radius 2 is 1.90 bits per heavy atom. The van der Waals surface area contributed by atoms with Gasteiger partial charge in [0.2, 0.25) is 0 Å². The lowest BCUT2D eigenvalue weighted by Crippen LogP contribution is -2.38. The van der Waals surface area contributed by atoms with Crippen molar-refractivity contribution in [3.05, 3.63) is 29.3 Å². The maximum atomic E-state index is 12.2. The third-order valence-electron chi connectivity index (χ3n) is 3.99. The number of phenolic OH excluding ortho intramolecular Hbond substituents is 1. The molecule has 0 radical (unpaired) electrons. The fraction of sp³-hybridized carbons (Fsp3) is 0.500. The first-order valence-corrected chi connectivity index (χ1v) is 7.19. The van der Waals surface area contributed by atoms with Gasteiger partial charge in [0.1, 0.15) is 5.75 Å². The molecule has 1 saturated carbocycles. The molecule has 0 saturated heterocycles. The molecule has 0 aromatic heterocycles. The highest BCUT2D eigenvalue weighted by molar-refractivity contribution is 5.97. The van der Waals surface area contributed by atoms with Crippen molar-refractivity contribution >= 4 is 11.9 Å². The number of carbonyl (C=O) groups is 2.